The average molecular weight is 977 g/mol. The van der Waals surface area contributed by atoms with Gasteiger partial charge in [-0.15, -0.1) is 0 Å². The smallest absolute Gasteiger partial charge is 0.306 e. The molecule has 0 bridgehead atoms. The molecule has 0 aliphatic carbocycles. The standard InChI is InChI=1S/C54H104O12S/c1-3-5-7-9-11-13-15-17-19-21-23-25-27-29-31-33-35-37-39-41-43-50(56)65-47(45-64-54-53(59)52(58)51(57)48(66-54)46-67(60,61)62)44-63-49(55)42-40-38-36-34-32-30-28-26-24-22-20-18-16-14-12-10-8-6-4-2/h47-48,51-54,57-59H,3-46H2,1-2H3,(H,60,61,62)/t47-,48-,51-,52?,53?,54+/m1/s1. The molecule has 1 aliphatic rings. The molecule has 67 heavy (non-hydrogen) atoms. The molecule has 0 radical (unpaired) electrons. The van der Waals surface area contributed by atoms with E-state index in [0.29, 0.717) is 12.8 Å². The predicted molar refractivity (Wildman–Crippen MR) is 271 cm³/mol. The molecule has 0 aromatic heterocycles. The van der Waals surface area contributed by atoms with Gasteiger partial charge in [-0.1, -0.05) is 251 Å². The van der Waals surface area contributed by atoms with Gasteiger partial charge in [0, 0.05) is 12.8 Å². The molecular formula is C54H104O12S. The molecular weight excluding hydrogens is 873 g/mol. The Morgan fingerprint density at radius 3 is 1.09 bits per heavy atom. The lowest BCUT2D eigenvalue weighted by Gasteiger charge is -2.40. The molecule has 398 valence electrons. The van der Waals surface area contributed by atoms with Crippen LogP contribution in [0.1, 0.15) is 277 Å². The maximum Gasteiger partial charge on any atom is 0.306 e. The number of aliphatic hydroxyl groups excluding tert-OH is 3. The van der Waals surface area contributed by atoms with Crippen molar-refractivity contribution in [1.29, 1.82) is 0 Å². The fourth-order valence-corrected chi connectivity index (χ4v) is 9.78. The minimum Gasteiger partial charge on any atom is -0.462 e. The highest BCUT2D eigenvalue weighted by atomic mass is 32.2. The lowest BCUT2D eigenvalue weighted by Crippen LogP contribution is -2.60. The number of esters is 2. The zero-order valence-corrected chi connectivity index (χ0v) is 43.9. The first-order chi connectivity index (χ1) is 32.5. The van der Waals surface area contributed by atoms with Gasteiger partial charge in [0.2, 0.25) is 0 Å². The van der Waals surface area contributed by atoms with Gasteiger partial charge in [0.1, 0.15) is 36.8 Å². The summed E-state index contributed by atoms with van der Waals surface area (Å²) in [6.07, 6.45) is 40.0. The molecule has 1 fully saturated rings. The topological polar surface area (TPSA) is 186 Å². The fourth-order valence-electron chi connectivity index (χ4n) is 9.09. The molecule has 0 spiro atoms. The van der Waals surface area contributed by atoms with Crippen LogP contribution >= 0.6 is 0 Å². The van der Waals surface area contributed by atoms with Gasteiger partial charge in [-0.25, -0.2) is 0 Å². The van der Waals surface area contributed by atoms with Crippen molar-refractivity contribution in [2.24, 2.45) is 0 Å². The molecule has 12 nitrogen and oxygen atoms in total. The second-order valence-corrected chi connectivity index (χ2v) is 21.5. The molecule has 4 N–H and O–H groups in total. The maximum absolute atomic E-state index is 12.9. The molecule has 2 unspecified atom stereocenters. The minimum absolute atomic E-state index is 0.173. The lowest BCUT2D eigenvalue weighted by molar-refractivity contribution is -0.297. The summed E-state index contributed by atoms with van der Waals surface area (Å²) in [4.78, 5) is 25.6. The second-order valence-electron chi connectivity index (χ2n) is 20.0. The molecule has 0 amide bonds. The third-order valence-corrected chi connectivity index (χ3v) is 14.2. The highest BCUT2D eigenvalue weighted by molar-refractivity contribution is 7.85. The summed E-state index contributed by atoms with van der Waals surface area (Å²) < 4.78 is 54.4. The molecule has 0 saturated carbocycles. The van der Waals surface area contributed by atoms with Gasteiger partial charge in [-0.3, -0.25) is 14.1 Å². The second kappa shape index (κ2) is 44.6. The highest BCUT2D eigenvalue weighted by Gasteiger charge is 2.46. The number of carbonyl (C=O) groups is 2. The zero-order valence-electron chi connectivity index (χ0n) is 43.0. The van der Waals surface area contributed by atoms with Crippen molar-refractivity contribution >= 4 is 22.1 Å². The molecule has 1 aliphatic heterocycles. The maximum atomic E-state index is 12.9. The van der Waals surface area contributed by atoms with Crippen LogP contribution in [0.2, 0.25) is 0 Å². The van der Waals surface area contributed by atoms with Crippen LogP contribution in [-0.4, -0.2) is 96.0 Å². The first-order valence-corrected chi connectivity index (χ1v) is 29.7. The normalized spacial score (nSPS) is 19.2. The third kappa shape index (κ3) is 39.0. The van der Waals surface area contributed by atoms with E-state index in [1.165, 1.54) is 199 Å². The van der Waals surface area contributed by atoms with Crippen LogP contribution in [0, 0.1) is 0 Å². The Hall–Kier alpha value is -1.35. The summed E-state index contributed by atoms with van der Waals surface area (Å²) >= 11 is 0. The van der Waals surface area contributed by atoms with E-state index in [1.54, 1.807) is 0 Å². The van der Waals surface area contributed by atoms with Crippen molar-refractivity contribution < 1.29 is 56.8 Å². The summed E-state index contributed by atoms with van der Waals surface area (Å²) in [6, 6.07) is 0. The Morgan fingerprint density at radius 2 is 0.761 bits per heavy atom. The van der Waals surface area contributed by atoms with Crippen LogP contribution in [0.15, 0.2) is 0 Å². The lowest BCUT2D eigenvalue weighted by atomic mass is 10.00. The first-order valence-electron chi connectivity index (χ1n) is 28.1. The van der Waals surface area contributed by atoms with Crippen molar-refractivity contribution in [3.05, 3.63) is 0 Å². The Balaban J connectivity index is 2.31. The SMILES string of the molecule is CCCCCCCCCCCCCCCCCCCCCCC(=O)O[C@H](COC(=O)CCCCCCCCCCCCCCCCCCCCC)CO[C@H]1O[C@H](CS(=O)(=O)O)[C@@H](O)C(O)C1O. The average Bonchev–Trinajstić information content (AvgIpc) is 3.30. The number of ether oxygens (including phenoxy) is 4. The molecule has 1 rings (SSSR count). The third-order valence-electron chi connectivity index (χ3n) is 13.4. The van der Waals surface area contributed by atoms with E-state index in [2.05, 4.69) is 13.8 Å². The minimum atomic E-state index is -4.60. The van der Waals surface area contributed by atoms with Gasteiger partial charge < -0.3 is 34.3 Å². The number of unbranched alkanes of at least 4 members (excludes halogenated alkanes) is 37. The van der Waals surface area contributed by atoms with Gasteiger partial charge in [-0.2, -0.15) is 8.42 Å². The Kier molecular flexibility index (Phi) is 42.4. The molecule has 6 atom stereocenters. The number of hydrogen-bond donors (Lipinski definition) is 4. The van der Waals surface area contributed by atoms with Crippen molar-refractivity contribution in [3.8, 4) is 0 Å². The van der Waals surface area contributed by atoms with Crippen LogP contribution in [0.3, 0.4) is 0 Å². The summed E-state index contributed by atoms with van der Waals surface area (Å²) in [5.74, 6) is -1.95. The molecule has 0 aromatic rings. The van der Waals surface area contributed by atoms with Gasteiger partial charge in [0.05, 0.1) is 6.61 Å². The predicted octanol–water partition coefficient (Wildman–Crippen LogP) is 13.2. The summed E-state index contributed by atoms with van der Waals surface area (Å²) in [7, 11) is -4.60. The van der Waals surface area contributed by atoms with E-state index in [1.807, 2.05) is 0 Å². The van der Waals surface area contributed by atoms with Crippen molar-refractivity contribution in [2.45, 2.75) is 314 Å². The molecule has 0 aromatic carbocycles. The van der Waals surface area contributed by atoms with Crippen LogP contribution in [0.4, 0.5) is 0 Å². The van der Waals surface area contributed by atoms with E-state index >= 15 is 0 Å². The quantitative estimate of drug-likeness (QED) is 0.0257. The molecule has 13 heteroatoms. The van der Waals surface area contributed by atoms with Gasteiger partial charge in [0.15, 0.2) is 12.4 Å². The largest absolute Gasteiger partial charge is 0.462 e. The number of aliphatic hydroxyl groups is 3. The van der Waals surface area contributed by atoms with E-state index in [4.69, 9.17) is 18.9 Å². The van der Waals surface area contributed by atoms with Crippen LogP contribution in [0.5, 0.6) is 0 Å². The van der Waals surface area contributed by atoms with Crippen LogP contribution in [0.25, 0.3) is 0 Å². The Morgan fingerprint density at radius 1 is 0.448 bits per heavy atom. The van der Waals surface area contributed by atoms with E-state index < -0.39 is 71.2 Å². The number of carbonyl (C=O) groups excluding carboxylic acids is 2. The summed E-state index contributed by atoms with van der Waals surface area (Å²) in [6.45, 7) is 3.83. The van der Waals surface area contributed by atoms with Gasteiger partial charge in [-0.05, 0) is 12.8 Å². The fraction of sp³-hybridized carbons (Fsp3) is 0.963. The van der Waals surface area contributed by atoms with Crippen molar-refractivity contribution in [2.75, 3.05) is 19.0 Å². The first kappa shape index (κ1) is 63.7. The monoisotopic (exact) mass is 977 g/mol. The number of rotatable bonds is 49. The van der Waals surface area contributed by atoms with Crippen LogP contribution in [-0.2, 0) is 38.7 Å². The van der Waals surface area contributed by atoms with Crippen LogP contribution < -0.4 is 0 Å². The van der Waals surface area contributed by atoms with E-state index in [-0.39, 0.29) is 19.4 Å². The van der Waals surface area contributed by atoms with Gasteiger partial charge in [0.25, 0.3) is 10.1 Å². The summed E-state index contributed by atoms with van der Waals surface area (Å²) in [5, 5.41) is 31.0. The number of hydrogen-bond acceptors (Lipinski definition) is 11. The molecule has 1 heterocycles. The van der Waals surface area contributed by atoms with Crippen molar-refractivity contribution in [3.63, 3.8) is 0 Å². The molecule has 1 saturated heterocycles. The van der Waals surface area contributed by atoms with E-state index in [0.717, 1.165) is 38.5 Å². The Labute approximate surface area is 410 Å². The highest BCUT2D eigenvalue weighted by Crippen LogP contribution is 2.24. The van der Waals surface area contributed by atoms with E-state index in [9.17, 15) is 37.9 Å². The summed E-state index contributed by atoms with van der Waals surface area (Å²) in [5.41, 5.74) is 0. The Bertz CT molecular complexity index is 1230. The zero-order chi connectivity index (χ0) is 49.1. The van der Waals surface area contributed by atoms with Crippen molar-refractivity contribution in [1.82, 2.24) is 0 Å². The van der Waals surface area contributed by atoms with Gasteiger partial charge >= 0.3 is 11.9 Å².